The summed E-state index contributed by atoms with van der Waals surface area (Å²) >= 11 is 1.71. The number of carboxylic acids is 1. The number of hydrogen-bond donors (Lipinski definition) is 2. The molecule has 0 aliphatic carbocycles. The Hall–Kier alpha value is -0.940. The van der Waals surface area contributed by atoms with Crippen LogP contribution in [-0.4, -0.2) is 22.1 Å². The molecule has 0 radical (unpaired) electrons. The van der Waals surface area contributed by atoms with Crippen molar-refractivity contribution in [2.75, 3.05) is 0 Å². The molecule has 0 bridgehead atoms. The molecule has 5 heteroatoms. The molecule has 1 rings (SSSR count). The van der Waals surface area contributed by atoms with Crippen molar-refractivity contribution in [3.8, 4) is 0 Å². The lowest BCUT2D eigenvalue weighted by Crippen LogP contribution is -2.25. The van der Waals surface area contributed by atoms with Crippen LogP contribution in [0.5, 0.6) is 0 Å². The number of hydrogen-bond acceptors (Lipinski definition) is 4. The number of rotatable bonds is 9. The van der Waals surface area contributed by atoms with Crippen molar-refractivity contribution in [1.29, 1.82) is 0 Å². The number of nitrogens with zero attached hydrogens (tertiary/aromatic N) is 1. The Bertz CT molecular complexity index is 393. The molecule has 0 aliphatic heterocycles. The van der Waals surface area contributed by atoms with E-state index in [0.29, 0.717) is 6.04 Å². The van der Waals surface area contributed by atoms with E-state index in [4.69, 9.17) is 5.11 Å². The number of thiazole rings is 1. The first-order chi connectivity index (χ1) is 9.02. The van der Waals surface area contributed by atoms with Gasteiger partial charge in [0, 0.05) is 18.0 Å². The molecular formula is C14H24N2O2S. The van der Waals surface area contributed by atoms with Crippen LogP contribution >= 0.6 is 11.3 Å². The summed E-state index contributed by atoms with van der Waals surface area (Å²) in [6.45, 7) is 6.81. The molecule has 19 heavy (non-hydrogen) atoms. The van der Waals surface area contributed by atoms with Gasteiger partial charge >= 0.3 is 5.97 Å². The zero-order chi connectivity index (χ0) is 14.3. The minimum atomic E-state index is -0.699. The van der Waals surface area contributed by atoms with Gasteiger partial charge in [-0.1, -0.05) is 20.3 Å². The van der Waals surface area contributed by atoms with Crippen molar-refractivity contribution in [2.45, 2.75) is 59.0 Å². The fourth-order valence-electron chi connectivity index (χ4n) is 1.83. The highest BCUT2D eigenvalue weighted by molar-refractivity contribution is 7.09. The van der Waals surface area contributed by atoms with E-state index < -0.39 is 5.97 Å². The molecule has 0 saturated carbocycles. The van der Waals surface area contributed by atoms with E-state index in [9.17, 15) is 4.79 Å². The second-order valence-corrected chi connectivity index (χ2v) is 5.98. The van der Waals surface area contributed by atoms with Gasteiger partial charge in [0.2, 0.25) is 0 Å². The molecule has 1 aromatic heterocycles. The highest BCUT2D eigenvalue weighted by Crippen LogP contribution is 2.12. The van der Waals surface area contributed by atoms with Gasteiger partial charge in [-0.2, -0.15) is 0 Å². The van der Waals surface area contributed by atoms with Crippen LogP contribution in [0.25, 0.3) is 0 Å². The van der Waals surface area contributed by atoms with Gasteiger partial charge in [-0.3, -0.25) is 4.79 Å². The summed E-state index contributed by atoms with van der Waals surface area (Å²) in [4.78, 5) is 15.2. The quantitative estimate of drug-likeness (QED) is 0.731. The third-order valence-electron chi connectivity index (χ3n) is 3.23. The topological polar surface area (TPSA) is 62.2 Å². The zero-order valence-electron chi connectivity index (χ0n) is 12.0. The van der Waals surface area contributed by atoms with Gasteiger partial charge in [0.15, 0.2) is 0 Å². The number of nitrogens with one attached hydrogen (secondary N) is 1. The lowest BCUT2D eigenvalue weighted by atomic mass is 10.0. The maximum Gasteiger partial charge on any atom is 0.306 e. The van der Waals surface area contributed by atoms with E-state index in [0.717, 1.165) is 37.9 Å². The van der Waals surface area contributed by atoms with Gasteiger partial charge in [-0.25, -0.2) is 4.98 Å². The summed E-state index contributed by atoms with van der Waals surface area (Å²) < 4.78 is 0. The fraction of sp³-hybridized carbons (Fsp3) is 0.714. The molecule has 0 aliphatic rings. The summed E-state index contributed by atoms with van der Waals surface area (Å²) in [6.07, 6.45) is 3.69. The standard InChI is InChI=1S/C14H24N2O2S/c1-4-13-16-12(9-19-13)8-15-11(3)7-5-6-10(2)14(17)18/h9-11,15H,4-8H2,1-3H3,(H,17,18). The largest absolute Gasteiger partial charge is 0.481 e. The van der Waals surface area contributed by atoms with E-state index in [2.05, 4.69) is 29.5 Å². The number of carbonyl (C=O) groups is 1. The first-order valence-electron chi connectivity index (χ1n) is 6.92. The van der Waals surface area contributed by atoms with E-state index in [1.165, 1.54) is 5.01 Å². The number of carboxylic acid groups (broad SMARTS) is 1. The maximum atomic E-state index is 10.7. The van der Waals surface area contributed by atoms with Gasteiger partial charge in [-0.15, -0.1) is 11.3 Å². The normalized spacial score (nSPS) is 14.3. The SMILES string of the molecule is CCc1nc(CNC(C)CCCC(C)C(=O)O)cs1. The Balaban J connectivity index is 2.17. The van der Waals surface area contributed by atoms with E-state index in [1.807, 2.05) is 0 Å². The van der Waals surface area contributed by atoms with Crippen LogP contribution in [0, 0.1) is 5.92 Å². The molecular weight excluding hydrogens is 260 g/mol. The molecule has 0 fully saturated rings. The van der Waals surface area contributed by atoms with Gasteiger partial charge in [0.25, 0.3) is 0 Å². The number of aromatic nitrogens is 1. The highest BCUT2D eigenvalue weighted by Gasteiger charge is 2.11. The zero-order valence-corrected chi connectivity index (χ0v) is 12.8. The second kappa shape index (κ2) is 8.27. The van der Waals surface area contributed by atoms with E-state index in [-0.39, 0.29) is 5.92 Å². The molecule has 2 atom stereocenters. The third-order valence-corrected chi connectivity index (χ3v) is 4.27. The Labute approximate surface area is 119 Å². The smallest absolute Gasteiger partial charge is 0.306 e. The van der Waals surface area contributed by atoms with Gasteiger partial charge in [-0.05, 0) is 26.2 Å². The summed E-state index contributed by atoms with van der Waals surface area (Å²) in [5, 5.41) is 15.5. The van der Waals surface area contributed by atoms with Crippen LogP contribution in [0.3, 0.4) is 0 Å². The van der Waals surface area contributed by atoms with Crippen molar-refractivity contribution >= 4 is 17.3 Å². The van der Waals surface area contributed by atoms with E-state index >= 15 is 0 Å². The van der Waals surface area contributed by atoms with Gasteiger partial charge in [0.1, 0.15) is 0 Å². The molecule has 0 amide bonds. The molecule has 0 saturated heterocycles. The van der Waals surface area contributed by atoms with Crippen molar-refractivity contribution in [3.05, 3.63) is 16.1 Å². The van der Waals surface area contributed by atoms with Crippen LogP contribution in [-0.2, 0) is 17.8 Å². The van der Waals surface area contributed by atoms with Crippen molar-refractivity contribution < 1.29 is 9.90 Å². The molecule has 108 valence electrons. The Kier molecular flexibility index (Phi) is 7.02. The lowest BCUT2D eigenvalue weighted by molar-refractivity contribution is -0.141. The molecule has 0 spiro atoms. The molecule has 1 heterocycles. The van der Waals surface area contributed by atoms with Gasteiger partial charge in [0.05, 0.1) is 16.6 Å². The lowest BCUT2D eigenvalue weighted by Gasteiger charge is -2.13. The molecule has 4 nitrogen and oxygen atoms in total. The molecule has 1 aromatic rings. The monoisotopic (exact) mass is 284 g/mol. The second-order valence-electron chi connectivity index (χ2n) is 5.04. The molecule has 0 aromatic carbocycles. The highest BCUT2D eigenvalue weighted by atomic mass is 32.1. The number of aryl methyl sites for hydroxylation is 1. The van der Waals surface area contributed by atoms with Crippen LogP contribution < -0.4 is 5.32 Å². The Morgan fingerprint density at radius 2 is 2.21 bits per heavy atom. The summed E-state index contributed by atoms with van der Waals surface area (Å²) in [5.41, 5.74) is 1.10. The summed E-state index contributed by atoms with van der Waals surface area (Å²) in [7, 11) is 0. The summed E-state index contributed by atoms with van der Waals surface area (Å²) in [5.74, 6) is -0.937. The van der Waals surface area contributed by atoms with Crippen LogP contribution in [0.2, 0.25) is 0 Å². The average Bonchev–Trinajstić information content (AvgIpc) is 2.84. The predicted molar refractivity (Wildman–Crippen MR) is 78.4 cm³/mol. The Morgan fingerprint density at radius 1 is 1.47 bits per heavy atom. The summed E-state index contributed by atoms with van der Waals surface area (Å²) in [6, 6.07) is 0.396. The molecule has 2 unspecified atom stereocenters. The third kappa shape index (κ3) is 6.16. The van der Waals surface area contributed by atoms with Crippen molar-refractivity contribution in [3.63, 3.8) is 0 Å². The van der Waals surface area contributed by atoms with Crippen LogP contribution in [0.1, 0.15) is 50.7 Å². The minimum Gasteiger partial charge on any atom is -0.481 e. The first kappa shape index (κ1) is 16.1. The Morgan fingerprint density at radius 3 is 2.79 bits per heavy atom. The van der Waals surface area contributed by atoms with Crippen LogP contribution in [0.15, 0.2) is 5.38 Å². The first-order valence-corrected chi connectivity index (χ1v) is 7.80. The maximum absolute atomic E-state index is 10.7. The predicted octanol–water partition coefficient (Wildman–Crippen LogP) is 3.07. The number of aliphatic carboxylic acids is 1. The minimum absolute atomic E-state index is 0.238. The van der Waals surface area contributed by atoms with Crippen molar-refractivity contribution in [1.82, 2.24) is 10.3 Å². The van der Waals surface area contributed by atoms with Crippen LogP contribution in [0.4, 0.5) is 0 Å². The fourth-order valence-corrected chi connectivity index (χ4v) is 2.57. The van der Waals surface area contributed by atoms with E-state index in [1.54, 1.807) is 18.3 Å². The van der Waals surface area contributed by atoms with Gasteiger partial charge < -0.3 is 10.4 Å². The molecule has 2 N–H and O–H groups in total. The van der Waals surface area contributed by atoms with Crippen molar-refractivity contribution in [2.24, 2.45) is 5.92 Å². The average molecular weight is 284 g/mol.